The van der Waals surface area contributed by atoms with Crippen LogP contribution in [0, 0.1) is 0 Å². The normalized spacial score (nSPS) is 23.0. The molecule has 26 heavy (non-hydrogen) atoms. The summed E-state index contributed by atoms with van der Waals surface area (Å²) in [6.45, 7) is 5.96. The van der Waals surface area contributed by atoms with E-state index in [-0.39, 0.29) is 11.3 Å². The van der Waals surface area contributed by atoms with Crippen LogP contribution >= 0.6 is 23.5 Å². The highest BCUT2D eigenvalue weighted by Crippen LogP contribution is 2.50. The molecule has 8 heteroatoms. The molecular weight excluding hydrogens is 374 g/mol. The first-order valence-electron chi connectivity index (χ1n) is 8.39. The van der Waals surface area contributed by atoms with E-state index in [1.807, 2.05) is 45.0 Å². The van der Waals surface area contributed by atoms with Gasteiger partial charge in [-0.3, -0.25) is 0 Å². The molecule has 1 fully saturated rings. The summed E-state index contributed by atoms with van der Waals surface area (Å²) in [5.74, 6) is -0.458. The number of benzene rings is 1. The van der Waals surface area contributed by atoms with E-state index < -0.39 is 23.3 Å². The number of amides is 1. The topological polar surface area (TPSA) is 65.1 Å². The minimum atomic E-state index is -1.17. The van der Waals surface area contributed by atoms with Gasteiger partial charge in [0.05, 0.1) is 13.7 Å². The van der Waals surface area contributed by atoms with Gasteiger partial charge in [-0.05, 0) is 32.9 Å². The number of thioether (sulfide) groups is 2. The van der Waals surface area contributed by atoms with Crippen molar-refractivity contribution >= 4 is 35.6 Å². The maximum Gasteiger partial charge on any atom is 0.410 e. The first kappa shape index (κ1) is 19.4. The summed E-state index contributed by atoms with van der Waals surface area (Å²) < 4.78 is 16.4. The number of ether oxygens (including phenoxy) is 3. The first-order valence-corrected chi connectivity index (χ1v) is 10.1. The molecule has 0 N–H and O–H groups in total. The van der Waals surface area contributed by atoms with Crippen molar-refractivity contribution in [2.75, 3.05) is 20.2 Å². The molecule has 6 nitrogen and oxygen atoms in total. The minimum absolute atomic E-state index is 0.128. The van der Waals surface area contributed by atoms with Crippen LogP contribution in [-0.4, -0.2) is 53.1 Å². The highest BCUT2D eigenvalue weighted by molar-refractivity contribution is 8.19. The number of methoxy groups -OCH3 is 1. The Labute approximate surface area is 161 Å². The Morgan fingerprint density at radius 1 is 1.19 bits per heavy atom. The number of likely N-dealkylation sites (tertiary alicyclic amines) is 1. The summed E-state index contributed by atoms with van der Waals surface area (Å²) in [5, 5.41) is 0. The van der Waals surface area contributed by atoms with Crippen LogP contribution in [0.5, 0.6) is 0 Å². The van der Waals surface area contributed by atoms with Crippen LogP contribution in [0.1, 0.15) is 27.2 Å². The number of hydrogen-bond donors (Lipinski definition) is 0. The summed E-state index contributed by atoms with van der Waals surface area (Å²) in [6.07, 6.45) is -0.0609. The third kappa shape index (κ3) is 4.13. The van der Waals surface area contributed by atoms with Gasteiger partial charge in [0, 0.05) is 22.8 Å². The number of carbonyl (C=O) groups excluding carboxylic acids is 2. The molecule has 142 valence electrons. The van der Waals surface area contributed by atoms with Crippen LogP contribution in [0.4, 0.5) is 4.79 Å². The Hall–Kier alpha value is -1.38. The van der Waals surface area contributed by atoms with E-state index in [0.717, 1.165) is 9.79 Å². The third-order valence-electron chi connectivity index (χ3n) is 4.06. The van der Waals surface area contributed by atoms with Gasteiger partial charge in [-0.25, -0.2) is 9.59 Å². The molecular formula is C18H23NO5S2. The van der Waals surface area contributed by atoms with Crippen LogP contribution in [0.15, 0.2) is 34.1 Å². The van der Waals surface area contributed by atoms with Gasteiger partial charge in [-0.15, -0.1) is 0 Å². The summed E-state index contributed by atoms with van der Waals surface area (Å²) in [4.78, 5) is 28.6. The number of carbonyl (C=O) groups is 2. The van der Waals surface area contributed by atoms with Crippen molar-refractivity contribution in [2.24, 2.45) is 0 Å². The van der Waals surface area contributed by atoms with E-state index in [4.69, 9.17) is 14.2 Å². The second-order valence-electron chi connectivity index (χ2n) is 7.23. The van der Waals surface area contributed by atoms with E-state index >= 15 is 0 Å². The molecule has 1 amide bonds. The van der Waals surface area contributed by atoms with Gasteiger partial charge in [0.15, 0.2) is 10.4 Å². The van der Waals surface area contributed by atoms with E-state index in [1.54, 1.807) is 23.5 Å². The fraction of sp³-hybridized carbons (Fsp3) is 0.556. The lowest BCUT2D eigenvalue weighted by Crippen LogP contribution is -2.47. The monoisotopic (exact) mass is 397 g/mol. The molecule has 2 heterocycles. The molecule has 1 unspecified atom stereocenters. The average Bonchev–Trinajstić information content (AvgIpc) is 3.17. The molecule has 3 rings (SSSR count). The van der Waals surface area contributed by atoms with Gasteiger partial charge in [0.1, 0.15) is 5.60 Å². The fourth-order valence-corrected chi connectivity index (χ4v) is 5.53. The van der Waals surface area contributed by atoms with E-state index in [9.17, 15) is 9.59 Å². The van der Waals surface area contributed by atoms with E-state index in [1.165, 1.54) is 12.0 Å². The molecule has 1 saturated heterocycles. The molecule has 0 spiro atoms. The summed E-state index contributed by atoms with van der Waals surface area (Å²) in [7, 11) is 1.34. The average molecular weight is 398 g/mol. The molecule has 0 saturated carbocycles. The molecule has 0 radical (unpaired) electrons. The second-order valence-corrected chi connectivity index (χ2v) is 9.73. The van der Waals surface area contributed by atoms with Gasteiger partial charge in [0.2, 0.25) is 0 Å². The molecule has 0 bridgehead atoms. The predicted molar refractivity (Wildman–Crippen MR) is 100 cm³/mol. The maximum absolute atomic E-state index is 12.5. The van der Waals surface area contributed by atoms with E-state index in [0.29, 0.717) is 13.0 Å². The second kappa shape index (κ2) is 7.32. The largest absolute Gasteiger partial charge is 0.467 e. The summed E-state index contributed by atoms with van der Waals surface area (Å²) in [5.41, 5.74) is -1.76. The van der Waals surface area contributed by atoms with Gasteiger partial charge in [-0.1, -0.05) is 35.7 Å². The smallest absolute Gasteiger partial charge is 0.410 e. The van der Waals surface area contributed by atoms with Crippen LogP contribution < -0.4 is 0 Å². The predicted octanol–water partition coefficient (Wildman–Crippen LogP) is 3.74. The van der Waals surface area contributed by atoms with Gasteiger partial charge in [-0.2, -0.15) is 0 Å². The quantitative estimate of drug-likeness (QED) is 0.720. The molecule has 1 aromatic carbocycles. The molecule has 2 aliphatic rings. The van der Waals surface area contributed by atoms with Crippen LogP contribution in [0.3, 0.4) is 0 Å². The zero-order valence-electron chi connectivity index (χ0n) is 15.3. The van der Waals surface area contributed by atoms with Crippen LogP contribution in [-0.2, 0) is 19.0 Å². The molecule has 0 aromatic heterocycles. The van der Waals surface area contributed by atoms with Crippen LogP contribution in [0.2, 0.25) is 0 Å². The molecule has 1 atom stereocenters. The Bertz CT molecular complexity index is 680. The summed E-state index contributed by atoms with van der Waals surface area (Å²) in [6, 6.07) is 8.01. The van der Waals surface area contributed by atoms with Crippen molar-refractivity contribution in [3.05, 3.63) is 24.3 Å². The number of nitrogens with zero attached hydrogens (tertiary/aromatic N) is 1. The zero-order valence-corrected chi connectivity index (χ0v) is 16.9. The van der Waals surface area contributed by atoms with Crippen molar-refractivity contribution in [2.45, 2.75) is 53.0 Å². The van der Waals surface area contributed by atoms with Gasteiger partial charge < -0.3 is 19.1 Å². The minimum Gasteiger partial charge on any atom is -0.467 e. The first-order chi connectivity index (χ1) is 12.2. The zero-order chi connectivity index (χ0) is 18.9. The van der Waals surface area contributed by atoms with Gasteiger partial charge in [0.25, 0.3) is 0 Å². The lowest BCUT2D eigenvalue weighted by atomic mass is 10.0. The number of hydrogen-bond acceptors (Lipinski definition) is 7. The Morgan fingerprint density at radius 3 is 2.35 bits per heavy atom. The molecule has 2 aliphatic heterocycles. The Kier molecular flexibility index (Phi) is 5.46. The van der Waals surface area contributed by atoms with Crippen LogP contribution in [0.25, 0.3) is 0 Å². The number of fused-ring (bicyclic) bond motifs is 1. The fourth-order valence-electron chi connectivity index (χ4n) is 2.87. The highest BCUT2D eigenvalue weighted by Gasteiger charge is 2.51. The van der Waals surface area contributed by atoms with Crippen molar-refractivity contribution in [1.82, 2.24) is 4.90 Å². The Balaban J connectivity index is 1.71. The van der Waals surface area contributed by atoms with Gasteiger partial charge >= 0.3 is 12.1 Å². The van der Waals surface area contributed by atoms with Crippen molar-refractivity contribution in [3.8, 4) is 0 Å². The third-order valence-corrected chi connectivity index (χ3v) is 6.56. The van der Waals surface area contributed by atoms with Crippen molar-refractivity contribution in [1.29, 1.82) is 0 Å². The summed E-state index contributed by atoms with van der Waals surface area (Å²) >= 11 is 3.13. The SMILES string of the molecule is COC(=O)C1(OC2Sc3ccccc3S2)CCN(C(=O)OC(C)(C)C)C1. The van der Waals surface area contributed by atoms with Crippen molar-refractivity contribution < 1.29 is 23.8 Å². The standard InChI is InChI=1S/C18H23NO5S2/c1-17(2,3)23-15(21)19-10-9-18(11-19,14(20)22-4)24-16-25-12-7-5-6-8-13(12)26-16/h5-8,16H,9-11H2,1-4H3. The number of esters is 1. The lowest BCUT2D eigenvalue weighted by Gasteiger charge is -2.29. The molecule has 0 aliphatic carbocycles. The Morgan fingerprint density at radius 2 is 1.81 bits per heavy atom. The molecule has 1 aromatic rings. The highest BCUT2D eigenvalue weighted by atomic mass is 32.2. The lowest BCUT2D eigenvalue weighted by molar-refractivity contribution is -0.166. The van der Waals surface area contributed by atoms with E-state index in [2.05, 4.69) is 0 Å². The number of rotatable bonds is 3. The maximum atomic E-state index is 12.5. The van der Waals surface area contributed by atoms with Crippen molar-refractivity contribution in [3.63, 3.8) is 0 Å².